The van der Waals surface area contributed by atoms with Crippen LogP contribution in [0.15, 0.2) is 11.6 Å². The zero-order chi connectivity index (χ0) is 21.4. The molecule has 0 aromatic carbocycles. The van der Waals surface area contributed by atoms with E-state index in [2.05, 4.69) is 47.7 Å². The number of carbonyl (C=O) groups excluding carboxylic acids is 2. The quantitative estimate of drug-likeness (QED) is 0.512. The molecule has 0 saturated heterocycles. The molecular weight excluding hydrogens is 376 g/mol. The maximum absolute atomic E-state index is 13.3. The lowest BCUT2D eigenvalue weighted by Crippen LogP contribution is -2.54. The van der Waals surface area contributed by atoms with Crippen molar-refractivity contribution in [1.82, 2.24) is 0 Å². The van der Waals surface area contributed by atoms with E-state index < -0.39 is 8.32 Å². The molecule has 4 aliphatic carbocycles. The van der Waals surface area contributed by atoms with Gasteiger partial charge >= 0.3 is 0 Å². The van der Waals surface area contributed by atoms with Gasteiger partial charge < -0.3 is 4.43 Å². The summed E-state index contributed by atoms with van der Waals surface area (Å²) in [7, 11) is -1.81. The number of fused-ring (bicyclic) bond motifs is 5. The Bertz CT molecular complexity index is 761. The highest BCUT2D eigenvalue weighted by Gasteiger charge is 2.61. The van der Waals surface area contributed by atoms with Crippen molar-refractivity contribution in [2.45, 2.75) is 104 Å². The average Bonchev–Trinajstić information content (AvgIpc) is 2.90. The third-order valence-corrected chi connectivity index (χ3v) is 14.4. The second-order valence-corrected chi connectivity index (χ2v) is 17.1. The van der Waals surface area contributed by atoms with Gasteiger partial charge in [0.05, 0.1) is 0 Å². The van der Waals surface area contributed by atoms with Crippen molar-refractivity contribution in [3.63, 3.8) is 0 Å². The highest BCUT2D eigenvalue weighted by molar-refractivity contribution is 6.74. The van der Waals surface area contributed by atoms with Gasteiger partial charge in [-0.3, -0.25) is 9.59 Å². The van der Waals surface area contributed by atoms with Gasteiger partial charge in [-0.2, -0.15) is 0 Å². The van der Waals surface area contributed by atoms with Crippen LogP contribution in [0.5, 0.6) is 0 Å². The van der Waals surface area contributed by atoms with E-state index in [9.17, 15) is 9.59 Å². The van der Waals surface area contributed by atoms with Gasteiger partial charge in [-0.05, 0) is 80.0 Å². The van der Waals surface area contributed by atoms with Gasteiger partial charge in [-0.15, -0.1) is 0 Å². The van der Waals surface area contributed by atoms with Crippen molar-refractivity contribution in [3.05, 3.63) is 11.6 Å². The fraction of sp³-hybridized carbons (Fsp3) is 0.840. The van der Waals surface area contributed by atoms with Crippen LogP contribution in [0.2, 0.25) is 18.1 Å². The molecule has 3 fully saturated rings. The minimum atomic E-state index is -1.81. The molecule has 0 aromatic heterocycles. The van der Waals surface area contributed by atoms with Crippen LogP contribution in [0, 0.1) is 28.6 Å². The zero-order valence-electron chi connectivity index (χ0n) is 19.6. The van der Waals surface area contributed by atoms with Crippen LogP contribution in [-0.4, -0.2) is 26.0 Å². The number of rotatable bonds is 2. The Morgan fingerprint density at radius 1 is 1.00 bits per heavy atom. The standard InChI is InChI=1S/C25H40O3Si/c1-23(2,3)29(6,7)28-17-10-12-24(4)16(14-17)15-20(26)22-18-8-9-21(27)25(18,5)13-11-19(22)24/h15,17-19,22H,8-14H2,1-7H3/t17?,18-,19+,22-,24-,25-/m0/s1. The van der Waals surface area contributed by atoms with Gasteiger partial charge in [0, 0.05) is 23.9 Å². The number of hydrogen-bond donors (Lipinski definition) is 0. The van der Waals surface area contributed by atoms with Crippen LogP contribution in [-0.2, 0) is 14.0 Å². The van der Waals surface area contributed by atoms with E-state index in [1.54, 1.807) is 0 Å². The van der Waals surface area contributed by atoms with Gasteiger partial charge in [0.25, 0.3) is 0 Å². The van der Waals surface area contributed by atoms with Crippen LogP contribution in [0.1, 0.15) is 79.6 Å². The zero-order valence-corrected chi connectivity index (χ0v) is 20.6. The molecule has 3 saturated carbocycles. The lowest BCUT2D eigenvalue weighted by atomic mass is 9.48. The van der Waals surface area contributed by atoms with E-state index in [0.29, 0.717) is 23.9 Å². The van der Waals surface area contributed by atoms with Gasteiger partial charge in [-0.1, -0.05) is 40.2 Å². The predicted molar refractivity (Wildman–Crippen MR) is 119 cm³/mol. The molecule has 0 aliphatic heterocycles. The Labute approximate surface area is 178 Å². The van der Waals surface area contributed by atoms with E-state index in [4.69, 9.17) is 4.43 Å². The molecule has 6 atom stereocenters. The molecular formula is C25H40O3Si. The first kappa shape index (κ1) is 21.5. The smallest absolute Gasteiger partial charge is 0.192 e. The van der Waals surface area contributed by atoms with Crippen LogP contribution in [0.4, 0.5) is 0 Å². The molecule has 4 aliphatic rings. The van der Waals surface area contributed by atoms with E-state index in [0.717, 1.165) is 38.5 Å². The molecule has 29 heavy (non-hydrogen) atoms. The molecule has 1 unspecified atom stereocenters. The summed E-state index contributed by atoms with van der Waals surface area (Å²) < 4.78 is 6.75. The molecule has 3 nitrogen and oxygen atoms in total. The SMILES string of the molecule is CC(C)(C)[Si](C)(C)OC1CC[C@@]2(C)C(=CC(=O)[C@@H]3[C@H]2CC[C@]2(C)C(=O)CC[C@@H]32)C1. The summed E-state index contributed by atoms with van der Waals surface area (Å²) >= 11 is 0. The largest absolute Gasteiger partial charge is 0.414 e. The molecule has 4 rings (SSSR count). The maximum atomic E-state index is 13.3. The van der Waals surface area contributed by atoms with Crippen LogP contribution >= 0.6 is 0 Å². The Hall–Kier alpha value is -0.743. The third kappa shape index (κ3) is 3.15. The summed E-state index contributed by atoms with van der Waals surface area (Å²) in [6.07, 6.45) is 8.96. The van der Waals surface area contributed by atoms with Crippen molar-refractivity contribution in [1.29, 1.82) is 0 Å². The average molecular weight is 417 g/mol. The molecule has 0 heterocycles. The second-order valence-electron chi connectivity index (χ2n) is 12.4. The number of Topliss-reactive ketones (excluding diaryl/α,β-unsaturated/α-hetero) is 1. The minimum Gasteiger partial charge on any atom is -0.414 e. The Morgan fingerprint density at radius 2 is 1.62 bits per heavy atom. The van der Waals surface area contributed by atoms with Gasteiger partial charge in [0.1, 0.15) is 5.78 Å². The fourth-order valence-corrected chi connectivity index (χ4v) is 8.22. The van der Waals surface area contributed by atoms with Crippen molar-refractivity contribution >= 4 is 19.9 Å². The van der Waals surface area contributed by atoms with Crippen LogP contribution < -0.4 is 0 Å². The molecule has 162 valence electrons. The summed E-state index contributed by atoms with van der Waals surface area (Å²) in [6, 6.07) is 0. The summed E-state index contributed by atoms with van der Waals surface area (Å²) in [4.78, 5) is 25.9. The van der Waals surface area contributed by atoms with Crippen molar-refractivity contribution in [2.75, 3.05) is 0 Å². The lowest BCUT2D eigenvalue weighted by Gasteiger charge is -2.56. The van der Waals surface area contributed by atoms with Gasteiger partial charge in [0.2, 0.25) is 0 Å². The van der Waals surface area contributed by atoms with Gasteiger partial charge in [-0.25, -0.2) is 0 Å². The summed E-state index contributed by atoms with van der Waals surface area (Å²) in [5, 5.41) is 0.207. The Morgan fingerprint density at radius 3 is 2.28 bits per heavy atom. The second kappa shape index (κ2) is 6.63. The molecule has 0 radical (unpaired) electrons. The summed E-state index contributed by atoms with van der Waals surface area (Å²) in [5.74, 6) is 1.44. The Balaban J connectivity index is 1.59. The number of carbonyl (C=O) groups is 2. The fourth-order valence-electron chi connectivity index (χ4n) is 6.84. The first-order valence-corrected chi connectivity index (χ1v) is 14.7. The molecule has 0 aromatic rings. The number of hydrogen-bond acceptors (Lipinski definition) is 3. The van der Waals surface area contributed by atoms with Crippen molar-refractivity contribution in [2.24, 2.45) is 28.6 Å². The number of ketones is 2. The predicted octanol–water partition coefficient (Wildman–Crippen LogP) is 6.09. The van der Waals surface area contributed by atoms with E-state index in [1.807, 2.05) is 6.08 Å². The topological polar surface area (TPSA) is 43.4 Å². The monoisotopic (exact) mass is 416 g/mol. The molecule has 0 bridgehead atoms. The first-order valence-electron chi connectivity index (χ1n) is 11.8. The Kier molecular flexibility index (Phi) is 4.91. The molecule has 0 N–H and O–H groups in total. The van der Waals surface area contributed by atoms with Crippen molar-refractivity contribution < 1.29 is 14.0 Å². The van der Waals surface area contributed by atoms with Crippen LogP contribution in [0.25, 0.3) is 0 Å². The normalized spacial score (nSPS) is 42.8. The molecule has 4 heteroatoms. The number of allylic oxidation sites excluding steroid dienone is 1. The van der Waals surface area contributed by atoms with Gasteiger partial charge in [0.15, 0.2) is 14.1 Å². The van der Waals surface area contributed by atoms with Crippen molar-refractivity contribution in [3.8, 4) is 0 Å². The van der Waals surface area contributed by atoms with Crippen LogP contribution in [0.3, 0.4) is 0 Å². The highest BCUT2D eigenvalue weighted by atomic mass is 28.4. The van der Waals surface area contributed by atoms with E-state index in [1.165, 1.54) is 5.57 Å². The maximum Gasteiger partial charge on any atom is 0.192 e. The van der Waals surface area contributed by atoms with E-state index in [-0.39, 0.29) is 33.8 Å². The molecule has 0 spiro atoms. The lowest BCUT2D eigenvalue weighted by molar-refractivity contribution is -0.139. The summed E-state index contributed by atoms with van der Waals surface area (Å²) in [6.45, 7) is 16.1. The highest BCUT2D eigenvalue weighted by Crippen LogP contribution is 2.63. The third-order valence-electron chi connectivity index (χ3n) is 9.88. The minimum absolute atomic E-state index is 0.0619. The first-order chi connectivity index (χ1) is 13.3. The van der Waals surface area contributed by atoms with E-state index >= 15 is 0 Å². The molecule has 0 amide bonds. The summed E-state index contributed by atoms with van der Waals surface area (Å²) in [5.41, 5.74) is 1.20.